The van der Waals surface area contributed by atoms with Crippen LogP contribution in [0.1, 0.15) is 54.9 Å². The zero-order valence-corrected chi connectivity index (χ0v) is 78.4. The van der Waals surface area contributed by atoms with E-state index in [9.17, 15) is 187 Å². The molecule has 0 aliphatic carbocycles. The van der Waals surface area contributed by atoms with Gasteiger partial charge in [-0.2, -0.15) is 0 Å². The monoisotopic (exact) mass is 2120 g/mol. The van der Waals surface area contributed by atoms with Gasteiger partial charge in [0.2, 0.25) is 35.4 Å². The third-order valence-electron chi connectivity index (χ3n) is 26.3. The minimum absolute atomic E-state index is 0.851. The Balaban J connectivity index is 0.920. The van der Waals surface area contributed by atoms with Crippen molar-refractivity contribution >= 4 is 41.4 Å². The molecule has 11 aliphatic rings. The molecule has 0 aromatic rings. The molecule has 145 heavy (non-hydrogen) atoms. The van der Waals surface area contributed by atoms with Crippen LogP contribution >= 0.6 is 0 Å². The smallest absolute Gasteiger partial charge is 0.364 e. The Morgan fingerprint density at radius 1 is 0.297 bits per heavy atom. The molecule has 11 heterocycles. The molecule has 11 saturated heterocycles. The third-order valence-corrected chi connectivity index (χ3v) is 26.3. The van der Waals surface area contributed by atoms with E-state index in [2.05, 4.69) is 31.9 Å². The normalized spacial score (nSPS) is 47.2. The standard InChI is InChI=1S/C81H134N6O58/c1-19-43(103)55(115)59(119)75(128-19)125-17-36-65(51(111)38(70(122)129-36)83-21(3)96)139-72-40(85-23(5)98)53(113)64(33(15-94)133-72)141-77-61(121)67(49(109)34(137-77)16-126-78-68(57(117)46(106)29(11-90)131-78)143-73-42(87-25(7)100)54(114)63(32(14-93)135-73)140-76-60(120)56(116)45(105)28(10-89)130-76)142-79-69(58(118)47(107)30(12-91)132-79)144-74-41(86-24(6)99)52(112)62(31(13-92)134-74)138-71-39(84-22(4)97)50(110)48(108)35(136-71)18-127-81(80(123)124)8-26(101)37(82-20(2)95)66(145-81)44(104)27(102)9-88/h19,26-79,88-94,101-122H,8-18H2,1-7H3,(H,82,95)(H,83,96)(H,84,97)(H,85,98)(H,86,99)(H,87,100)(H,123,124)/t19-,26-,27+,28+,29+,30+,31+,32+,33+,34+,35+,36+,37+,38+,39+,40+,41-,42+,43+,44+,45-,46+,47+,48-,49+,50+,51+,52+,53+,54+,55+,56-,57-,58-,59-,60+,61-,62+,63+,64+,65+,66+,67-,68-,69-,70?,71-,72-,73-,74-,75+,76-,77-,78-,79+,81+/m0/s1. The van der Waals surface area contributed by atoms with Gasteiger partial charge in [0.25, 0.3) is 5.79 Å². The Hall–Kier alpha value is -5.71. The van der Waals surface area contributed by atoms with E-state index >= 15 is 0 Å². The summed E-state index contributed by atoms with van der Waals surface area (Å²) in [6.07, 6.45) is -107. The highest BCUT2D eigenvalue weighted by Gasteiger charge is 2.64. The molecule has 56 atom stereocenters. The first kappa shape index (κ1) is 120. The average Bonchev–Trinajstić information content (AvgIpc) is 0.767. The van der Waals surface area contributed by atoms with Crippen LogP contribution in [0.25, 0.3) is 0 Å². The molecule has 36 N–H and O–H groups in total. The summed E-state index contributed by atoms with van der Waals surface area (Å²) in [5.41, 5.74) is 0. The molecule has 64 nitrogen and oxygen atoms in total. The van der Waals surface area contributed by atoms with Gasteiger partial charge >= 0.3 is 5.97 Å². The Kier molecular flexibility index (Phi) is 42.7. The number of aliphatic hydroxyl groups is 29. The molecule has 0 bridgehead atoms. The number of hydrogen-bond donors (Lipinski definition) is 36. The largest absolute Gasteiger partial charge is 0.477 e. The molecule has 1 unspecified atom stereocenters. The number of aliphatic hydroxyl groups excluding tert-OH is 29. The molecule has 11 rings (SSSR count). The molecule has 6 amide bonds. The van der Waals surface area contributed by atoms with Gasteiger partial charge in [0.15, 0.2) is 62.9 Å². The lowest BCUT2D eigenvalue weighted by atomic mass is 9.88. The maximum atomic E-state index is 13.4. The second-order valence-corrected chi connectivity index (χ2v) is 36.7. The fourth-order valence-corrected chi connectivity index (χ4v) is 18.7. The lowest BCUT2D eigenvalue weighted by Crippen LogP contribution is -2.71. The molecular weight excluding hydrogens is 1980 g/mol. The van der Waals surface area contributed by atoms with E-state index < -0.39 is 457 Å². The van der Waals surface area contributed by atoms with Crippen molar-refractivity contribution in [2.24, 2.45) is 0 Å². The number of rotatable bonds is 39. The molecule has 836 valence electrons. The summed E-state index contributed by atoms with van der Waals surface area (Å²) < 4.78 is 126. The Labute approximate surface area is 821 Å². The van der Waals surface area contributed by atoms with Gasteiger partial charge < -0.3 is 285 Å². The van der Waals surface area contributed by atoms with Gasteiger partial charge in [0.1, 0.15) is 256 Å². The maximum absolute atomic E-state index is 13.4. The molecule has 0 aromatic carbocycles. The zero-order chi connectivity index (χ0) is 107. The van der Waals surface area contributed by atoms with E-state index in [1.807, 2.05) is 0 Å². The summed E-state index contributed by atoms with van der Waals surface area (Å²) in [7, 11) is 0. The number of carboxylic acid groups (broad SMARTS) is 1. The van der Waals surface area contributed by atoms with Crippen LogP contribution in [0.15, 0.2) is 0 Å². The van der Waals surface area contributed by atoms with Gasteiger partial charge in [0.05, 0.1) is 84.3 Å². The van der Waals surface area contributed by atoms with E-state index in [4.69, 9.17) is 99.5 Å². The zero-order valence-electron chi connectivity index (χ0n) is 78.4. The molecule has 0 spiro atoms. The van der Waals surface area contributed by atoms with Crippen molar-refractivity contribution in [2.45, 2.75) is 398 Å². The molecular formula is C81H134N6O58. The highest BCUT2D eigenvalue weighted by molar-refractivity contribution is 5.77. The highest BCUT2D eigenvalue weighted by Crippen LogP contribution is 2.43. The fourth-order valence-electron chi connectivity index (χ4n) is 18.7. The lowest BCUT2D eigenvalue weighted by molar-refractivity contribution is -0.398. The summed E-state index contributed by atoms with van der Waals surface area (Å²) in [6.45, 7) is -5.13. The molecule has 11 aliphatic heterocycles. The first-order valence-electron chi connectivity index (χ1n) is 46.1. The lowest BCUT2D eigenvalue weighted by Gasteiger charge is -2.51. The van der Waals surface area contributed by atoms with Crippen LogP contribution in [-0.4, -0.2) is 604 Å². The van der Waals surface area contributed by atoms with Crippen LogP contribution in [0, 0.1) is 0 Å². The quantitative estimate of drug-likeness (QED) is 0.0272. The van der Waals surface area contributed by atoms with Crippen LogP contribution in [0.4, 0.5) is 0 Å². The van der Waals surface area contributed by atoms with Gasteiger partial charge in [-0.25, -0.2) is 4.79 Å². The predicted molar refractivity (Wildman–Crippen MR) is 448 cm³/mol. The van der Waals surface area contributed by atoms with Crippen molar-refractivity contribution in [2.75, 3.05) is 66.1 Å². The molecule has 0 saturated carbocycles. The van der Waals surface area contributed by atoms with Crippen LogP contribution in [-0.2, 0) is 133 Å². The van der Waals surface area contributed by atoms with Crippen LogP contribution in [0.5, 0.6) is 0 Å². The van der Waals surface area contributed by atoms with Crippen LogP contribution < -0.4 is 31.9 Å². The number of carbonyl (C=O) groups excluding carboxylic acids is 6. The van der Waals surface area contributed by atoms with Gasteiger partial charge in [0, 0.05) is 48.0 Å². The predicted octanol–water partition coefficient (Wildman–Crippen LogP) is -23.9. The van der Waals surface area contributed by atoms with Crippen molar-refractivity contribution in [3.8, 4) is 0 Å². The minimum Gasteiger partial charge on any atom is -0.477 e. The SMILES string of the molecule is CC(=O)N[C@@H]1[C@H](O[C@@H]2[C@@H](O[C@@H]3[C@H](O)[C@H](O[C@H]4[C@H](O)[C@@H](NC(C)=O)[C@H](O[C@H]5[C@H](O)[C@@H](NC(C)=O)C(O)O[C@@H]5CO[C@@H]5O[C@@H](C)[C@@H](O)[C@@H](O)[C@@H]5O)O[C@@H]4CO)O[C@H](CO[C@H]4O[C@H](CO)[C@@H](O)[C@H](O)[C@@H]4O[C@@H]4O[C@H](CO)[C@@H](O[C@@H]5O[C@H](CO)[C@H](O)[C@H](O)[C@H]5O)[C@H](O)[C@H]4NC(C)=O)[C@H]3O)O[C@H](CO)[C@@H](O)[C@@H]2O)O[C@H](CO)[C@@H](O[C@@H]2O[C@H](CO[C@]3(C(=O)O)C[C@H](O)[C@@H](NC(C)=O)[C@H]([C@H](O)[C@H](O)CO)O3)[C@H](O)[C@H](O)[C@H]2NC(C)=O)[C@@H]1O. The topological polar surface area (TPSA) is 992 Å². The van der Waals surface area contributed by atoms with Crippen molar-refractivity contribution < 1.29 is 286 Å². The summed E-state index contributed by atoms with van der Waals surface area (Å²) >= 11 is 0. The summed E-state index contributed by atoms with van der Waals surface area (Å²) in [5.74, 6) is -11.0. The van der Waals surface area contributed by atoms with E-state index in [0.717, 1.165) is 41.5 Å². The van der Waals surface area contributed by atoms with Crippen molar-refractivity contribution in [3.05, 3.63) is 0 Å². The van der Waals surface area contributed by atoms with E-state index in [0.29, 0.717) is 0 Å². The molecule has 0 radical (unpaired) electrons. The second-order valence-electron chi connectivity index (χ2n) is 36.7. The number of amides is 6. The maximum Gasteiger partial charge on any atom is 0.364 e. The summed E-state index contributed by atoms with van der Waals surface area (Å²) in [4.78, 5) is 90.8. The minimum atomic E-state index is -3.14. The first-order chi connectivity index (χ1) is 68.3. The molecule has 11 fully saturated rings. The summed E-state index contributed by atoms with van der Waals surface area (Å²) in [6, 6.07) is -11.7. The Morgan fingerprint density at radius 2 is 0.614 bits per heavy atom. The third kappa shape index (κ3) is 27.0. The Morgan fingerprint density at radius 3 is 1.06 bits per heavy atom. The molecule has 0 aromatic heterocycles. The van der Waals surface area contributed by atoms with E-state index in [-0.39, 0.29) is 0 Å². The van der Waals surface area contributed by atoms with Crippen LogP contribution in [0.2, 0.25) is 0 Å². The molecule has 64 heteroatoms. The van der Waals surface area contributed by atoms with Crippen molar-refractivity contribution in [1.29, 1.82) is 0 Å². The van der Waals surface area contributed by atoms with Crippen molar-refractivity contribution in [3.63, 3.8) is 0 Å². The number of hydrogen-bond acceptors (Lipinski definition) is 57. The Bertz CT molecular complexity index is 4140. The second kappa shape index (κ2) is 51.8. The van der Waals surface area contributed by atoms with Crippen molar-refractivity contribution in [1.82, 2.24) is 31.9 Å². The average molecular weight is 2120 g/mol. The van der Waals surface area contributed by atoms with Gasteiger partial charge in [-0.05, 0) is 6.92 Å². The number of ether oxygens (including phenoxy) is 21. The number of carboxylic acids is 1. The van der Waals surface area contributed by atoms with Gasteiger partial charge in [-0.15, -0.1) is 0 Å². The number of carbonyl (C=O) groups is 7. The number of aliphatic carboxylic acids is 1. The fraction of sp³-hybridized carbons (Fsp3) is 0.914. The number of nitrogens with one attached hydrogen (secondary N) is 6. The first-order valence-corrected chi connectivity index (χ1v) is 46.1. The van der Waals surface area contributed by atoms with Gasteiger partial charge in [-0.3, -0.25) is 28.8 Å². The highest BCUT2D eigenvalue weighted by atomic mass is 16.8. The van der Waals surface area contributed by atoms with E-state index in [1.54, 1.807) is 0 Å². The van der Waals surface area contributed by atoms with Crippen LogP contribution in [0.3, 0.4) is 0 Å². The van der Waals surface area contributed by atoms with Gasteiger partial charge in [-0.1, -0.05) is 0 Å². The van der Waals surface area contributed by atoms with E-state index in [1.165, 1.54) is 6.92 Å². The summed E-state index contributed by atoms with van der Waals surface area (Å²) in [5, 5.41) is 353.